The average Bonchev–Trinajstić information content (AvgIpc) is 2.96. The number of aromatic amines is 1. The van der Waals surface area contributed by atoms with Crippen LogP contribution in [0.15, 0.2) is 36.8 Å². The van der Waals surface area contributed by atoms with Gasteiger partial charge in [0.25, 0.3) is 5.91 Å². The first-order valence-electron chi connectivity index (χ1n) is 5.75. The predicted octanol–water partition coefficient (Wildman–Crippen LogP) is 0.684. The van der Waals surface area contributed by atoms with Crippen molar-refractivity contribution in [2.45, 2.75) is 6.54 Å². The van der Waals surface area contributed by atoms with Gasteiger partial charge < -0.3 is 15.4 Å². The lowest BCUT2D eigenvalue weighted by Gasteiger charge is -2.03. The standard InChI is InChI=1S/C14H13N3O2/c18-7-1-2-11-3-5-12(6-4-11)14(19)16-9-13-8-15-10-17-13/h3-6,8,10,18H,7,9H2,(H,15,17)(H,16,19). The van der Waals surface area contributed by atoms with Gasteiger partial charge in [0.05, 0.1) is 18.6 Å². The number of rotatable bonds is 3. The van der Waals surface area contributed by atoms with Gasteiger partial charge in [-0.3, -0.25) is 4.79 Å². The Kier molecular flexibility index (Phi) is 4.32. The molecule has 0 saturated heterocycles. The van der Waals surface area contributed by atoms with E-state index >= 15 is 0 Å². The Bertz CT molecular complexity index is 592. The zero-order valence-electron chi connectivity index (χ0n) is 10.2. The molecule has 0 aliphatic rings. The van der Waals surface area contributed by atoms with E-state index < -0.39 is 0 Å². The lowest BCUT2D eigenvalue weighted by atomic mass is 10.1. The first-order chi connectivity index (χ1) is 9.29. The average molecular weight is 255 g/mol. The lowest BCUT2D eigenvalue weighted by molar-refractivity contribution is 0.0950. The molecule has 96 valence electrons. The Hall–Kier alpha value is -2.58. The molecular weight excluding hydrogens is 242 g/mol. The fourth-order valence-corrected chi connectivity index (χ4v) is 1.51. The van der Waals surface area contributed by atoms with Crippen LogP contribution in [0.1, 0.15) is 21.6 Å². The third kappa shape index (κ3) is 3.69. The number of carbonyl (C=O) groups is 1. The fourth-order valence-electron chi connectivity index (χ4n) is 1.51. The van der Waals surface area contributed by atoms with Gasteiger partial charge in [-0.25, -0.2) is 4.98 Å². The van der Waals surface area contributed by atoms with Gasteiger partial charge >= 0.3 is 0 Å². The second-order valence-electron chi connectivity index (χ2n) is 3.80. The highest BCUT2D eigenvalue weighted by Crippen LogP contribution is 2.03. The summed E-state index contributed by atoms with van der Waals surface area (Å²) in [5.74, 6) is 5.16. The highest BCUT2D eigenvalue weighted by molar-refractivity contribution is 5.94. The summed E-state index contributed by atoms with van der Waals surface area (Å²) in [6.45, 7) is 0.233. The van der Waals surface area contributed by atoms with E-state index in [1.54, 1.807) is 36.8 Å². The molecule has 2 rings (SSSR count). The molecule has 0 aliphatic heterocycles. The fraction of sp³-hybridized carbons (Fsp3) is 0.143. The van der Waals surface area contributed by atoms with Crippen LogP contribution >= 0.6 is 0 Å². The van der Waals surface area contributed by atoms with Crippen molar-refractivity contribution in [1.82, 2.24) is 15.3 Å². The molecule has 0 radical (unpaired) electrons. The number of H-pyrrole nitrogens is 1. The van der Waals surface area contributed by atoms with E-state index in [-0.39, 0.29) is 12.5 Å². The second-order valence-corrected chi connectivity index (χ2v) is 3.80. The summed E-state index contributed by atoms with van der Waals surface area (Å²) in [5, 5.41) is 11.4. The molecule has 0 saturated carbocycles. The molecule has 1 aromatic heterocycles. The van der Waals surface area contributed by atoms with Crippen LogP contribution in [0.25, 0.3) is 0 Å². The number of aliphatic hydroxyl groups is 1. The number of benzene rings is 1. The molecule has 1 amide bonds. The largest absolute Gasteiger partial charge is 0.384 e. The zero-order valence-corrected chi connectivity index (χ0v) is 10.2. The number of imidazole rings is 1. The number of aromatic nitrogens is 2. The molecule has 2 aromatic rings. The maximum atomic E-state index is 11.8. The minimum atomic E-state index is -0.174. The SMILES string of the molecule is O=C(NCc1cnc[nH]1)c1ccc(C#CCO)cc1. The van der Waals surface area contributed by atoms with Crippen LogP contribution in [-0.4, -0.2) is 27.6 Å². The number of amides is 1. The third-order valence-electron chi connectivity index (χ3n) is 2.45. The van der Waals surface area contributed by atoms with E-state index in [9.17, 15) is 4.79 Å². The molecule has 0 atom stereocenters. The monoisotopic (exact) mass is 255 g/mol. The van der Waals surface area contributed by atoms with Crippen LogP contribution in [-0.2, 0) is 6.54 Å². The highest BCUT2D eigenvalue weighted by Gasteiger charge is 2.04. The van der Waals surface area contributed by atoms with Gasteiger partial charge in [-0.05, 0) is 24.3 Å². The molecule has 5 nitrogen and oxygen atoms in total. The van der Waals surface area contributed by atoms with Gasteiger partial charge in [-0.1, -0.05) is 11.8 Å². The number of aliphatic hydroxyl groups excluding tert-OH is 1. The van der Waals surface area contributed by atoms with E-state index in [2.05, 4.69) is 27.1 Å². The summed E-state index contributed by atoms with van der Waals surface area (Å²) in [4.78, 5) is 18.6. The van der Waals surface area contributed by atoms with Crippen molar-refractivity contribution in [3.8, 4) is 11.8 Å². The Balaban J connectivity index is 1.95. The van der Waals surface area contributed by atoms with Crippen molar-refractivity contribution < 1.29 is 9.90 Å². The van der Waals surface area contributed by atoms with Crippen LogP contribution in [0.3, 0.4) is 0 Å². The van der Waals surface area contributed by atoms with E-state index in [1.807, 2.05) is 0 Å². The molecule has 1 aromatic carbocycles. The quantitative estimate of drug-likeness (QED) is 0.706. The number of nitrogens with one attached hydrogen (secondary N) is 2. The Labute approximate surface area is 110 Å². The molecule has 0 spiro atoms. The van der Waals surface area contributed by atoms with E-state index in [4.69, 9.17) is 5.11 Å². The molecule has 19 heavy (non-hydrogen) atoms. The van der Waals surface area contributed by atoms with Crippen LogP contribution < -0.4 is 5.32 Å². The molecule has 5 heteroatoms. The molecule has 0 aliphatic carbocycles. The van der Waals surface area contributed by atoms with Gasteiger partial charge in [0.15, 0.2) is 0 Å². The van der Waals surface area contributed by atoms with Crippen LogP contribution in [0.4, 0.5) is 0 Å². The Morgan fingerprint density at radius 3 is 2.79 bits per heavy atom. The molecule has 0 bridgehead atoms. The van der Waals surface area contributed by atoms with E-state index in [0.29, 0.717) is 12.1 Å². The number of hydrogen-bond acceptors (Lipinski definition) is 3. The molecule has 0 fully saturated rings. The van der Waals surface area contributed by atoms with Crippen molar-refractivity contribution in [2.75, 3.05) is 6.61 Å². The molecular formula is C14H13N3O2. The second kappa shape index (κ2) is 6.38. The Morgan fingerprint density at radius 2 is 2.16 bits per heavy atom. The highest BCUT2D eigenvalue weighted by atomic mass is 16.2. The van der Waals surface area contributed by atoms with Crippen LogP contribution in [0, 0.1) is 11.8 Å². The van der Waals surface area contributed by atoms with E-state index in [1.165, 1.54) is 0 Å². The minimum absolute atomic E-state index is 0.156. The maximum Gasteiger partial charge on any atom is 0.251 e. The summed E-state index contributed by atoms with van der Waals surface area (Å²) in [6.07, 6.45) is 3.23. The minimum Gasteiger partial charge on any atom is -0.384 e. The van der Waals surface area contributed by atoms with Crippen molar-refractivity contribution in [3.05, 3.63) is 53.6 Å². The number of carbonyl (C=O) groups excluding carboxylic acids is 1. The number of hydrogen-bond donors (Lipinski definition) is 3. The van der Waals surface area contributed by atoms with Gasteiger partial charge in [0.2, 0.25) is 0 Å². The number of nitrogens with zero attached hydrogens (tertiary/aromatic N) is 1. The van der Waals surface area contributed by atoms with Crippen molar-refractivity contribution in [1.29, 1.82) is 0 Å². The normalized spacial score (nSPS) is 9.53. The Morgan fingerprint density at radius 1 is 1.37 bits per heavy atom. The summed E-state index contributed by atoms with van der Waals surface area (Å²) in [5.41, 5.74) is 2.17. The third-order valence-corrected chi connectivity index (χ3v) is 2.45. The topological polar surface area (TPSA) is 78.0 Å². The smallest absolute Gasteiger partial charge is 0.251 e. The van der Waals surface area contributed by atoms with Crippen LogP contribution in [0.2, 0.25) is 0 Å². The zero-order chi connectivity index (χ0) is 13.5. The van der Waals surface area contributed by atoms with Crippen molar-refractivity contribution in [2.24, 2.45) is 0 Å². The summed E-state index contributed by atoms with van der Waals surface area (Å²) in [6, 6.07) is 6.88. The molecule has 1 heterocycles. The van der Waals surface area contributed by atoms with Gasteiger partial charge in [0.1, 0.15) is 6.61 Å². The van der Waals surface area contributed by atoms with E-state index in [0.717, 1.165) is 11.3 Å². The van der Waals surface area contributed by atoms with Gasteiger partial charge in [-0.2, -0.15) is 0 Å². The summed E-state index contributed by atoms with van der Waals surface area (Å²) >= 11 is 0. The predicted molar refractivity (Wildman–Crippen MR) is 70.2 cm³/mol. The molecule has 0 unspecified atom stereocenters. The first-order valence-corrected chi connectivity index (χ1v) is 5.75. The lowest BCUT2D eigenvalue weighted by Crippen LogP contribution is -2.22. The maximum absolute atomic E-state index is 11.8. The summed E-state index contributed by atoms with van der Waals surface area (Å²) < 4.78 is 0. The van der Waals surface area contributed by atoms with Crippen molar-refractivity contribution in [3.63, 3.8) is 0 Å². The van der Waals surface area contributed by atoms with Gasteiger partial charge in [-0.15, -0.1) is 0 Å². The van der Waals surface area contributed by atoms with Crippen molar-refractivity contribution >= 4 is 5.91 Å². The first kappa shape index (κ1) is 12.9. The van der Waals surface area contributed by atoms with Gasteiger partial charge in [0, 0.05) is 17.3 Å². The summed E-state index contributed by atoms with van der Waals surface area (Å²) in [7, 11) is 0. The van der Waals surface area contributed by atoms with Crippen LogP contribution in [0.5, 0.6) is 0 Å². The molecule has 3 N–H and O–H groups in total.